The summed E-state index contributed by atoms with van der Waals surface area (Å²) in [5, 5.41) is 5.17. The first-order valence-electron chi connectivity index (χ1n) is 4.20. The molecule has 0 spiro atoms. The standard InChI is InChI=1S/C9H11NO2S/c1-12-9(11)8-6-3-5-13-7(6)2-4-10-8/h3,5,8,10H,2,4H2,1H3/t8-/m1/s1. The van der Waals surface area contributed by atoms with Gasteiger partial charge in [0.05, 0.1) is 7.11 Å². The van der Waals surface area contributed by atoms with Crippen LogP contribution in [-0.2, 0) is 16.0 Å². The molecule has 1 aliphatic heterocycles. The van der Waals surface area contributed by atoms with Gasteiger partial charge in [0.1, 0.15) is 6.04 Å². The predicted octanol–water partition coefficient (Wildman–Crippen LogP) is 1.11. The first kappa shape index (κ1) is 8.72. The van der Waals surface area contributed by atoms with Gasteiger partial charge in [-0.1, -0.05) is 0 Å². The Morgan fingerprint density at radius 2 is 2.62 bits per heavy atom. The summed E-state index contributed by atoms with van der Waals surface area (Å²) < 4.78 is 4.72. The Bertz CT molecular complexity index is 321. The summed E-state index contributed by atoms with van der Waals surface area (Å²) in [6.07, 6.45) is 1.01. The van der Waals surface area contributed by atoms with Crippen LogP contribution in [-0.4, -0.2) is 19.6 Å². The molecule has 0 amide bonds. The van der Waals surface area contributed by atoms with Crippen LogP contribution in [0.1, 0.15) is 16.5 Å². The molecule has 0 fully saturated rings. The number of thiophene rings is 1. The molecule has 2 rings (SSSR count). The van der Waals surface area contributed by atoms with Crippen molar-refractivity contribution in [2.45, 2.75) is 12.5 Å². The number of carbonyl (C=O) groups is 1. The molecule has 2 heterocycles. The van der Waals surface area contributed by atoms with Crippen molar-refractivity contribution >= 4 is 17.3 Å². The maximum absolute atomic E-state index is 11.3. The van der Waals surface area contributed by atoms with E-state index in [1.807, 2.05) is 11.4 Å². The van der Waals surface area contributed by atoms with Crippen molar-refractivity contribution in [1.82, 2.24) is 5.32 Å². The van der Waals surface area contributed by atoms with E-state index < -0.39 is 0 Å². The van der Waals surface area contributed by atoms with Crippen molar-refractivity contribution in [2.24, 2.45) is 0 Å². The maximum Gasteiger partial charge on any atom is 0.327 e. The minimum Gasteiger partial charge on any atom is -0.468 e. The zero-order chi connectivity index (χ0) is 9.26. The van der Waals surface area contributed by atoms with Crippen LogP contribution in [0.3, 0.4) is 0 Å². The lowest BCUT2D eigenvalue weighted by Gasteiger charge is -2.21. The first-order chi connectivity index (χ1) is 6.33. The van der Waals surface area contributed by atoms with Crippen LogP contribution in [0.15, 0.2) is 11.4 Å². The van der Waals surface area contributed by atoms with E-state index in [1.165, 1.54) is 12.0 Å². The van der Waals surface area contributed by atoms with Crippen molar-refractivity contribution in [1.29, 1.82) is 0 Å². The molecule has 1 aromatic heterocycles. The second-order valence-electron chi connectivity index (χ2n) is 2.96. The van der Waals surface area contributed by atoms with Gasteiger partial charge in [-0.2, -0.15) is 0 Å². The summed E-state index contributed by atoms with van der Waals surface area (Å²) in [6, 6.07) is 1.74. The highest BCUT2D eigenvalue weighted by molar-refractivity contribution is 7.10. The van der Waals surface area contributed by atoms with Gasteiger partial charge in [-0.05, 0) is 23.4 Å². The molecule has 70 valence electrons. The molecular formula is C9H11NO2S. The Morgan fingerprint density at radius 1 is 1.77 bits per heavy atom. The van der Waals surface area contributed by atoms with Crippen LogP contribution < -0.4 is 5.32 Å². The fourth-order valence-corrected chi connectivity index (χ4v) is 2.50. The van der Waals surface area contributed by atoms with Crippen LogP contribution in [0.2, 0.25) is 0 Å². The SMILES string of the molecule is COC(=O)[C@@H]1NCCc2sccc21. The van der Waals surface area contributed by atoms with Crippen LogP contribution in [0, 0.1) is 0 Å². The number of carbonyl (C=O) groups excluding carboxylic acids is 1. The number of methoxy groups -OCH3 is 1. The molecule has 0 saturated heterocycles. The molecule has 1 atom stereocenters. The Balaban J connectivity index is 2.30. The molecule has 0 aromatic carbocycles. The summed E-state index contributed by atoms with van der Waals surface area (Å²) in [5.41, 5.74) is 1.09. The summed E-state index contributed by atoms with van der Waals surface area (Å²) in [7, 11) is 1.42. The molecule has 1 aromatic rings. The Hall–Kier alpha value is -0.870. The minimum absolute atomic E-state index is 0.195. The quantitative estimate of drug-likeness (QED) is 0.685. The summed E-state index contributed by atoms with van der Waals surface area (Å²) in [5.74, 6) is -0.195. The van der Waals surface area contributed by atoms with Crippen molar-refractivity contribution in [2.75, 3.05) is 13.7 Å². The summed E-state index contributed by atoms with van der Waals surface area (Å²) in [6.45, 7) is 0.854. The largest absolute Gasteiger partial charge is 0.468 e. The second-order valence-corrected chi connectivity index (χ2v) is 3.96. The van der Waals surface area contributed by atoms with Gasteiger partial charge < -0.3 is 10.1 Å². The van der Waals surface area contributed by atoms with Crippen LogP contribution in [0.4, 0.5) is 0 Å². The number of hydrogen-bond acceptors (Lipinski definition) is 4. The Kier molecular flexibility index (Phi) is 2.33. The zero-order valence-corrected chi connectivity index (χ0v) is 8.19. The average molecular weight is 197 g/mol. The van der Waals surface area contributed by atoms with Crippen molar-refractivity contribution < 1.29 is 9.53 Å². The van der Waals surface area contributed by atoms with Gasteiger partial charge in [0, 0.05) is 11.4 Å². The highest BCUT2D eigenvalue weighted by Crippen LogP contribution is 2.27. The number of rotatable bonds is 1. The highest BCUT2D eigenvalue weighted by atomic mass is 32.1. The van der Waals surface area contributed by atoms with E-state index in [2.05, 4.69) is 5.32 Å². The van der Waals surface area contributed by atoms with Crippen molar-refractivity contribution in [3.63, 3.8) is 0 Å². The van der Waals surface area contributed by atoms with Crippen LogP contribution in [0.25, 0.3) is 0 Å². The lowest BCUT2D eigenvalue weighted by molar-refractivity contribution is -0.143. The lowest BCUT2D eigenvalue weighted by Crippen LogP contribution is -2.34. The van der Waals surface area contributed by atoms with E-state index in [4.69, 9.17) is 4.74 Å². The topological polar surface area (TPSA) is 38.3 Å². The number of fused-ring (bicyclic) bond motifs is 1. The van der Waals surface area contributed by atoms with Gasteiger partial charge in [0.15, 0.2) is 0 Å². The molecule has 0 unspecified atom stereocenters. The lowest BCUT2D eigenvalue weighted by atomic mass is 10.0. The third-order valence-corrected chi connectivity index (χ3v) is 3.22. The average Bonchev–Trinajstić information content (AvgIpc) is 2.63. The third-order valence-electron chi connectivity index (χ3n) is 2.23. The molecule has 3 nitrogen and oxygen atoms in total. The van der Waals surface area contributed by atoms with Gasteiger partial charge in [0.25, 0.3) is 0 Å². The van der Waals surface area contributed by atoms with Crippen molar-refractivity contribution in [3.05, 3.63) is 21.9 Å². The smallest absolute Gasteiger partial charge is 0.327 e. The molecule has 0 radical (unpaired) electrons. The van der Waals surface area contributed by atoms with E-state index in [-0.39, 0.29) is 12.0 Å². The molecule has 0 aliphatic carbocycles. The second kappa shape index (κ2) is 3.47. The third kappa shape index (κ3) is 1.47. The first-order valence-corrected chi connectivity index (χ1v) is 5.08. The molecule has 1 aliphatic rings. The maximum atomic E-state index is 11.3. The van der Waals surface area contributed by atoms with Gasteiger partial charge in [-0.25, -0.2) is 4.79 Å². The highest BCUT2D eigenvalue weighted by Gasteiger charge is 2.27. The summed E-state index contributed by atoms with van der Waals surface area (Å²) >= 11 is 1.71. The van der Waals surface area contributed by atoms with Crippen LogP contribution >= 0.6 is 11.3 Å². The molecule has 1 N–H and O–H groups in total. The van der Waals surface area contributed by atoms with Gasteiger partial charge in [-0.15, -0.1) is 11.3 Å². The zero-order valence-electron chi connectivity index (χ0n) is 7.37. The van der Waals surface area contributed by atoms with E-state index in [0.717, 1.165) is 18.5 Å². The molecule has 4 heteroatoms. The monoisotopic (exact) mass is 197 g/mol. The molecule has 0 bridgehead atoms. The number of esters is 1. The molecular weight excluding hydrogens is 186 g/mol. The van der Waals surface area contributed by atoms with Crippen molar-refractivity contribution in [3.8, 4) is 0 Å². The van der Waals surface area contributed by atoms with Gasteiger partial charge in [0.2, 0.25) is 0 Å². The summed E-state index contributed by atoms with van der Waals surface area (Å²) in [4.78, 5) is 12.6. The van der Waals surface area contributed by atoms with E-state index in [1.54, 1.807) is 11.3 Å². The normalized spacial score (nSPS) is 20.8. The van der Waals surface area contributed by atoms with E-state index in [0.29, 0.717) is 0 Å². The van der Waals surface area contributed by atoms with E-state index >= 15 is 0 Å². The fraction of sp³-hybridized carbons (Fsp3) is 0.444. The van der Waals surface area contributed by atoms with E-state index in [9.17, 15) is 4.79 Å². The Morgan fingerprint density at radius 3 is 3.38 bits per heavy atom. The van der Waals surface area contributed by atoms with Crippen LogP contribution in [0.5, 0.6) is 0 Å². The number of nitrogens with one attached hydrogen (secondary N) is 1. The minimum atomic E-state index is -0.250. The van der Waals surface area contributed by atoms with Gasteiger partial charge >= 0.3 is 5.97 Å². The molecule has 13 heavy (non-hydrogen) atoms. The van der Waals surface area contributed by atoms with Gasteiger partial charge in [-0.3, -0.25) is 0 Å². The molecule has 0 saturated carbocycles. The predicted molar refractivity (Wildman–Crippen MR) is 50.8 cm³/mol. The number of ether oxygens (including phenoxy) is 1. The fourth-order valence-electron chi connectivity index (χ4n) is 1.58. The number of hydrogen-bond donors (Lipinski definition) is 1. The Labute approximate surface area is 80.7 Å².